The molecule has 0 bridgehead atoms. The van der Waals surface area contributed by atoms with Crippen molar-refractivity contribution in [3.05, 3.63) is 83.1 Å². The van der Waals surface area contributed by atoms with Crippen molar-refractivity contribution in [3.8, 4) is 5.75 Å². The summed E-state index contributed by atoms with van der Waals surface area (Å²) < 4.78 is 50.7. The van der Waals surface area contributed by atoms with Crippen molar-refractivity contribution in [3.63, 3.8) is 0 Å². The number of benzene rings is 2. The van der Waals surface area contributed by atoms with Gasteiger partial charge in [0.1, 0.15) is 12.4 Å². The number of aromatic nitrogens is 2. The molecule has 0 aliphatic heterocycles. The van der Waals surface area contributed by atoms with Crippen molar-refractivity contribution in [2.45, 2.75) is 13.2 Å². The van der Waals surface area contributed by atoms with Gasteiger partial charge in [0.25, 0.3) is 5.91 Å². The number of halogens is 3. The highest BCUT2D eigenvalue weighted by atomic mass is 19.1. The first-order valence-corrected chi connectivity index (χ1v) is 8.96. The third kappa shape index (κ3) is 4.00. The number of nitrogens with zero attached hydrogens (tertiary/aromatic N) is 2. The van der Waals surface area contributed by atoms with Crippen LogP contribution in [-0.2, 0) is 13.2 Å². The Morgan fingerprint density at radius 1 is 1.13 bits per heavy atom. The Hall–Kier alpha value is -3.75. The fraction of sp³-hybridized carbons (Fsp3) is 0.143. The largest absolute Gasteiger partial charge is 0.479 e. The average molecular weight is 415 g/mol. The van der Waals surface area contributed by atoms with Gasteiger partial charge in [0, 0.05) is 29.7 Å². The van der Waals surface area contributed by atoms with E-state index in [-0.39, 0.29) is 30.4 Å². The van der Waals surface area contributed by atoms with Gasteiger partial charge in [-0.05, 0) is 36.4 Å². The van der Waals surface area contributed by atoms with E-state index in [0.29, 0.717) is 11.1 Å². The number of H-pyrrole nitrogens is 1. The molecule has 0 radical (unpaired) electrons. The molecule has 1 amide bonds. The van der Waals surface area contributed by atoms with Crippen molar-refractivity contribution in [1.82, 2.24) is 15.0 Å². The van der Waals surface area contributed by atoms with E-state index < -0.39 is 23.3 Å². The third-order valence-corrected chi connectivity index (χ3v) is 4.45. The zero-order chi connectivity index (χ0) is 21.3. The number of carbonyl (C=O) groups is 1. The molecule has 0 aliphatic rings. The van der Waals surface area contributed by atoms with Crippen molar-refractivity contribution in [2.75, 3.05) is 7.05 Å². The molecular weight excluding hydrogens is 399 g/mol. The molecular formula is C21H16F3N3O3. The number of para-hydroxylation sites is 1. The van der Waals surface area contributed by atoms with Gasteiger partial charge in [0.15, 0.2) is 28.8 Å². The minimum Gasteiger partial charge on any atom is -0.479 e. The topological polar surface area (TPSA) is 71.4 Å². The van der Waals surface area contributed by atoms with E-state index in [0.717, 1.165) is 17.6 Å². The lowest BCUT2D eigenvalue weighted by atomic mass is 10.2. The number of hydrogen-bond acceptors (Lipinski definition) is 4. The Balaban J connectivity index is 1.41. The Kier molecular flexibility index (Phi) is 5.18. The molecule has 2 heterocycles. The van der Waals surface area contributed by atoms with Gasteiger partial charge in [-0.1, -0.05) is 11.2 Å². The molecule has 0 fully saturated rings. The second-order valence-corrected chi connectivity index (χ2v) is 6.71. The molecule has 2 aromatic heterocycles. The summed E-state index contributed by atoms with van der Waals surface area (Å²) in [5, 5.41) is 4.40. The van der Waals surface area contributed by atoms with Gasteiger partial charge in [0.05, 0.1) is 6.54 Å². The van der Waals surface area contributed by atoms with E-state index in [4.69, 9.17) is 9.26 Å². The molecule has 0 spiro atoms. The fourth-order valence-electron chi connectivity index (χ4n) is 3.02. The van der Waals surface area contributed by atoms with Crippen LogP contribution in [0.25, 0.3) is 10.9 Å². The summed E-state index contributed by atoms with van der Waals surface area (Å²) in [7, 11) is 1.58. The molecule has 1 N–H and O–H groups in total. The Labute approximate surface area is 168 Å². The lowest BCUT2D eigenvalue weighted by molar-refractivity contribution is 0.0773. The fourth-order valence-corrected chi connectivity index (χ4v) is 3.02. The van der Waals surface area contributed by atoms with Crippen molar-refractivity contribution >= 4 is 16.8 Å². The quantitative estimate of drug-likeness (QED) is 0.506. The molecule has 0 atom stereocenters. The summed E-state index contributed by atoms with van der Waals surface area (Å²) in [6, 6.07) is 10.8. The van der Waals surface area contributed by atoms with Crippen LogP contribution in [0.5, 0.6) is 5.75 Å². The van der Waals surface area contributed by atoms with Crippen LogP contribution in [0.1, 0.15) is 21.9 Å². The molecule has 6 nitrogen and oxygen atoms in total. The normalized spacial score (nSPS) is 11.1. The van der Waals surface area contributed by atoms with Gasteiger partial charge in [-0.2, -0.15) is 0 Å². The van der Waals surface area contributed by atoms with Gasteiger partial charge >= 0.3 is 0 Å². The van der Waals surface area contributed by atoms with Gasteiger partial charge in [0.2, 0.25) is 0 Å². The Morgan fingerprint density at radius 3 is 2.67 bits per heavy atom. The minimum absolute atomic E-state index is 0.0206. The second kappa shape index (κ2) is 7.94. The molecule has 4 rings (SSSR count). The molecule has 0 aliphatic carbocycles. The van der Waals surface area contributed by atoms with Crippen LogP contribution in [0, 0.1) is 17.5 Å². The van der Waals surface area contributed by atoms with Crippen LogP contribution in [0.2, 0.25) is 0 Å². The number of amides is 1. The third-order valence-electron chi connectivity index (χ3n) is 4.45. The van der Waals surface area contributed by atoms with Gasteiger partial charge < -0.3 is 19.1 Å². The number of rotatable bonds is 6. The van der Waals surface area contributed by atoms with E-state index in [1.807, 2.05) is 0 Å². The molecule has 0 unspecified atom stereocenters. The van der Waals surface area contributed by atoms with Crippen LogP contribution < -0.4 is 4.74 Å². The number of ether oxygens (including phenoxy) is 1. The average Bonchev–Trinajstić information content (AvgIpc) is 3.33. The molecule has 4 aromatic rings. The first-order valence-electron chi connectivity index (χ1n) is 8.96. The van der Waals surface area contributed by atoms with Crippen LogP contribution in [0.4, 0.5) is 13.2 Å². The Bertz CT molecular complexity index is 1200. The summed E-state index contributed by atoms with van der Waals surface area (Å²) >= 11 is 0. The highest BCUT2D eigenvalue weighted by Crippen LogP contribution is 2.22. The maximum absolute atomic E-state index is 13.6. The van der Waals surface area contributed by atoms with E-state index in [1.165, 1.54) is 29.2 Å². The monoisotopic (exact) mass is 415 g/mol. The number of aromatic amines is 1. The summed E-state index contributed by atoms with van der Waals surface area (Å²) in [5.41, 5.74) is 1.49. The van der Waals surface area contributed by atoms with Crippen molar-refractivity contribution in [2.24, 2.45) is 0 Å². The van der Waals surface area contributed by atoms with Crippen LogP contribution in [0.3, 0.4) is 0 Å². The smallest absolute Gasteiger partial charge is 0.276 e. The number of fused-ring (bicyclic) bond motifs is 1. The van der Waals surface area contributed by atoms with Crippen LogP contribution in [0.15, 0.2) is 53.1 Å². The van der Waals surface area contributed by atoms with Crippen LogP contribution >= 0.6 is 0 Å². The van der Waals surface area contributed by atoms with Crippen molar-refractivity contribution in [1.29, 1.82) is 0 Å². The standard InChI is InChI=1S/C21H16F3N3O3/c1-27(10-14-8-12-7-13(22)5-6-18(12)25-14)21(28)19-9-15(30-26-19)11-29-20-16(23)3-2-4-17(20)24/h2-9,25H,10-11H2,1H3. The first kappa shape index (κ1) is 19.6. The lowest BCUT2D eigenvalue weighted by Crippen LogP contribution is -2.26. The molecule has 30 heavy (non-hydrogen) atoms. The minimum atomic E-state index is -0.844. The van der Waals surface area contributed by atoms with E-state index in [1.54, 1.807) is 19.2 Å². The van der Waals surface area contributed by atoms with E-state index in [2.05, 4.69) is 10.1 Å². The number of carbonyl (C=O) groups excluding carboxylic acids is 1. The second-order valence-electron chi connectivity index (χ2n) is 6.71. The SMILES string of the molecule is CN(Cc1cc2cc(F)ccc2[nH]1)C(=O)c1cc(COc2c(F)cccc2F)on1. The van der Waals surface area contributed by atoms with Gasteiger partial charge in [-0.25, -0.2) is 13.2 Å². The number of nitrogens with one attached hydrogen (secondary N) is 1. The summed E-state index contributed by atoms with van der Waals surface area (Å²) in [6.45, 7) is -0.0658. The summed E-state index contributed by atoms with van der Waals surface area (Å²) in [5.74, 6) is -2.85. The predicted molar refractivity (Wildman–Crippen MR) is 101 cm³/mol. The maximum atomic E-state index is 13.6. The highest BCUT2D eigenvalue weighted by molar-refractivity contribution is 5.92. The van der Waals surface area contributed by atoms with E-state index in [9.17, 15) is 18.0 Å². The molecule has 2 aromatic carbocycles. The molecule has 0 saturated heterocycles. The predicted octanol–water partition coefficient (Wildman–Crippen LogP) is 4.42. The molecule has 9 heteroatoms. The zero-order valence-corrected chi connectivity index (χ0v) is 15.8. The van der Waals surface area contributed by atoms with Crippen LogP contribution in [-0.4, -0.2) is 28.0 Å². The van der Waals surface area contributed by atoms with Gasteiger partial charge in [-0.15, -0.1) is 0 Å². The number of hydrogen-bond donors (Lipinski definition) is 1. The van der Waals surface area contributed by atoms with Gasteiger partial charge in [-0.3, -0.25) is 4.79 Å². The highest BCUT2D eigenvalue weighted by Gasteiger charge is 2.19. The molecule has 0 saturated carbocycles. The lowest BCUT2D eigenvalue weighted by Gasteiger charge is -2.14. The van der Waals surface area contributed by atoms with E-state index >= 15 is 0 Å². The Morgan fingerprint density at radius 2 is 1.90 bits per heavy atom. The van der Waals surface area contributed by atoms with Crippen molar-refractivity contribution < 1.29 is 27.2 Å². The maximum Gasteiger partial charge on any atom is 0.276 e. The zero-order valence-electron chi connectivity index (χ0n) is 15.8. The first-order chi connectivity index (χ1) is 14.4. The summed E-state index contributed by atoms with van der Waals surface area (Å²) in [6.07, 6.45) is 0. The summed E-state index contributed by atoms with van der Waals surface area (Å²) in [4.78, 5) is 17.1. The molecule has 154 valence electrons.